The summed E-state index contributed by atoms with van der Waals surface area (Å²) in [6.07, 6.45) is 0. The molecule has 0 saturated carbocycles. The molecule has 0 atom stereocenters. The summed E-state index contributed by atoms with van der Waals surface area (Å²) in [5.41, 5.74) is 0.528. The van der Waals surface area contributed by atoms with E-state index in [1.54, 1.807) is 0 Å². The van der Waals surface area contributed by atoms with Gasteiger partial charge >= 0.3 is 17.9 Å². The van der Waals surface area contributed by atoms with E-state index >= 15 is 0 Å². The molecule has 0 saturated heterocycles. The van der Waals surface area contributed by atoms with E-state index in [0.29, 0.717) is 0 Å². The quantitative estimate of drug-likeness (QED) is 0.540. The minimum absolute atomic E-state index is 0. The van der Waals surface area contributed by atoms with Crippen LogP contribution in [0.4, 0.5) is 0 Å². The Bertz CT molecular complexity index is 277. The molecule has 0 unspecified atom stereocenters. The van der Waals surface area contributed by atoms with Gasteiger partial charge in [0.1, 0.15) is 0 Å². The standard InChI is InChI=1S/3C4H6O2.Zn/c3*1-3(2)4(5)6;/h3*1H2,2H3,(H,5,6);. The molecular formula is C12H18O6Zn. The number of aliphatic carboxylic acids is 3. The van der Waals surface area contributed by atoms with Crippen molar-refractivity contribution < 1.29 is 49.2 Å². The van der Waals surface area contributed by atoms with Crippen LogP contribution in [0.2, 0.25) is 0 Å². The fraction of sp³-hybridized carbons (Fsp3) is 0.250. The third-order valence-electron chi connectivity index (χ3n) is 1.10. The van der Waals surface area contributed by atoms with Gasteiger partial charge in [0.15, 0.2) is 0 Å². The summed E-state index contributed by atoms with van der Waals surface area (Å²) < 4.78 is 0. The molecule has 0 rings (SSSR count). The summed E-state index contributed by atoms with van der Waals surface area (Å²) >= 11 is 0. The van der Waals surface area contributed by atoms with Crippen molar-refractivity contribution in [3.63, 3.8) is 0 Å². The normalized spacial score (nSPS) is 7.11. The maximum absolute atomic E-state index is 9.60. The molecule has 0 aliphatic carbocycles. The van der Waals surface area contributed by atoms with Crippen LogP contribution in [0.3, 0.4) is 0 Å². The Labute approximate surface area is 124 Å². The molecular weight excluding hydrogens is 306 g/mol. The zero-order chi connectivity index (χ0) is 15.5. The molecule has 0 amide bonds. The van der Waals surface area contributed by atoms with Gasteiger partial charge in [-0.1, -0.05) is 19.7 Å². The van der Waals surface area contributed by atoms with Crippen LogP contribution in [-0.2, 0) is 33.9 Å². The van der Waals surface area contributed by atoms with Crippen molar-refractivity contribution in [1.82, 2.24) is 0 Å². The SMILES string of the molecule is C=C(C)C(=O)O.C=C(C)C(=O)O.C=C(C)C(=O)O.[Zn]. The topological polar surface area (TPSA) is 112 Å². The van der Waals surface area contributed by atoms with Gasteiger partial charge in [0, 0.05) is 36.2 Å². The van der Waals surface area contributed by atoms with Crippen LogP contribution in [0, 0.1) is 0 Å². The Kier molecular flexibility index (Phi) is 19.5. The molecule has 0 aromatic heterocycles. The first kappa shape index (κ1) is 25.9. The molecule has 3 N–H and O–H groups in total. The summed E-state index contributed by atoms with van der Waals surface area (Å²) in [4.78, 5) is 28.8. The van der Waals surface area contributed by atoms with Gasteiger partial charge in [-0.2, -0.15) is 0 Å². The van der Waals surface area contributed by atoms with E-state index in [2.05, 4.69) is 19.7 Å². The van der Waals surface area contributed by atoms with Crippen LogP contribution in [-0.4, -0.2) is 33.2 Å². The number of rotatable bonds is 3. The van der Waals surface area contributed by atoms with Crippen LogP contribution >= 0.6 is 0 Å². The molecule has 104 valence electrons. The Morgan fingerprint density at radius 1 is 0.632 bits per heavy atom. The first-order valence-corrected chi connectivity index (χ1v) is 4.59. The Morgan fingerprint density at radius 2 is 0.684 bits per heavy atom. The van der Waals surface area contributed by atoms with Gasteiger partial charge in [-0.3, -0.25) is 0 Å². The maximum Gasteiger partial charge on any atom is 0.330 e. The molecule has 0 aromatic carbocycles. The van der Waals surface area contributed by atoms with E-state index in [0.717, 1.165) is 0 Å². The van der Waals surface area contributed by atoms with Crippen molar-refractivity contribution in [2.75, 3.05) is 0 Å². The molecule has 19 heavy (non-hydrogen) atoms. The second kappa shape index (κ2) is 14.3. The fourth-order valence-corrected chi connectivity index (χ4v) is 0. The van der Waals surface area contributed by atoms with Crippen LogP contribution in [0.15, 0.2) is 36.5 Å². The number of hydrogen-bond acceptors (Lipinski definition) is 3. The van der Waals surface area contributed by atoms with Crippen molar-refractivity contribution >= 4 is 17.9 Å². The molecule has 0 spiro atoms. The van der Waals surface area contributed by atoms with E-state index in [1.807, 2.05) is 0 Å². The van der Waals surface area contributed by atoms with Gasteiger partial charge in [-0.15, -0.1) is 0 Å². The van der Waals surface area contributed by atoms with Crippen LogP contribution < -0.4 is 0 Å². The molecule has 6 nitrogen and oxygen atoms in total. The molecule has 0 aromatic rings. The van der Waals surface area contributed by atoms with Crippen molar-refractivity contribution in [2.24, 2.45) is 0 Å². The van der Waals surface area contributed by atoms with Crippen LogP contribution in [0.1, 0.15) is 20.8 Å². The van der Waals surface area contributed by atoms with Crippen molar-refractivity contribution in [2.45, 2.75) is 20.8 Å². The Morgan fingerprint density at radius 3 is 0.684 bits per heavy atom. The average Bonchev–Trinajstić information content (AvgIpc) is 2.18. The van der Waals surface area contributed by atoms with Gasteiger partial charge < -0.3 is 15.3 Å². The van der Waals surface area contributed by atoms with Crippen molar-refractivity contribution in [3.8, 4) is 0 Å². The van der Waals surface area contributed by atoms with E-state index in [9.17, 15) is 14.4 Å². The minimum Gasteiger partial charge on any atom is -0.478 e. The van der Waals surface area contributed by atoms with E-state index in [-0.39, 0.29) is 36.2 Å². The zero-order valence-electron chi connectivity index (χ0n) is 11.4. The number of hydrogen-bond donors (Lipinski definition) is 3. The minimum atomic E-state index is -0.935. The Hall–Kier alpha value is -1.75. The summed E-state index contributed by atoms with van der Waals surface area (Å²) in [5.74, 6) is -2.81. The molecule has 7 heteroatoms. The number of carbonyl (C=O) groups is 3. The first-order valence-electron chi connectivity index (χ1n) is 4.59. The van der Waals surface area contributed by atoms with Gasteiger partial charge in [-0.05, 0) is 20.8 Å². The zero-order valence-corrected chi connectivity index (χ0v) is 14.4. The third kappa shape index (κ3) is 31.4. The second-order valence-electron chi connectivity index (χ2n) is 3.26. The van der Waals surface area contributed by atoms with Gasteiger partial charge in [-0.25, -0.2) is 14.4 Å². The predicted molar refractivity (Wildman–Crippen MR) is 67.3 cm³/mol. The molecule has 0 fully saturated rings. The van der Waals surface area contributed by atoms with Crippen molar-refractivity contribution in [1.29, 1.82) is 0 Å². The fourth-order valence-electron chi connectivity index (χ4n) is 0. The van der Waals surface area contributed by atoms with Gasteiger partial charge in [0.2, 0.25) is 0 Å². The summed E-state index contributed by atoms with van der Waals surface area (Å²) in [6.45, 7) is 13.8. The average molecular weight is 324 g/mol. The molecule has 0 aliphatic heterocycles. The van der Waals surface area contributed by atoms with Gasteiger partial charge in [0.05, 0.1) is 0 Å². The number of carboxylic acid groups (broad SMARTS) is 3. The summed E-state index contributed by atoms with van der Waals surface area (Å²) in [6, 6.07) is 0. The van der Waals surface area contributed by atoms with Crippen LogP contribution in [0.25, 0.3) is 0 Å². The van der Waals surface area contributed by atoms with Crippen LogP contribution in [0.5, 0.6) is 0 Å². The largest absolute Gasteiger partial charge is 0.478 e. The summed E-state index contributed by atoms with van der Waals surface area (Å²) in [5, 5.41) is 23.7. The van der Waals surface area contributed by atoms with E-state index < -0.39 is 17.9 Å². The molecule has 0 heterocycles. The van der Waals surface area contributed by atoms with Gasteiger partial charge in [0.25, 0.3) is 0 Å². The first-order chi connectivity index (χ1) is 7.93. The Balaban J connectivity index is -0.0000000865. The summed E-state index contributed by atoms with van der Waals surface area (Å²) in [7, 11) is 0. The monoisotopic (exact) mass is 322 g/mol. The van der Waals surface area contributed by atoms with E-state index in [4.69, 9.17) is 15.3 Å². The molecule has 0 aliphatic rings. The smallest absolute Gasteiger partial charge is 0.330 e. The maximum atomic E-state index is 9.60. The number of carboxylic acids is 3. The molecule has 0 radical (unpaired) electrons. The van der Waals surface area contributed by atoms with Crippen molar-refractivity contribution in [3.05, 3.63) is 36.5 Å². The third-order valence-corrected chi connectivity index (χ3v) is 1.10. The predicted octanol–water partition coefficient (Wildman–Crippen LogP) is 1.94. The second-order valence-corrected chi connectivity index (χ2v) is 3.26. The molecule has 0 bridgehead atoms. The van der Waals surface area contributed by atoms with E-state index in [1.165, 1.54) is 20.8 Å².